The average Bonchev–Trinajstić information content (AvgIpc) is 3.38. The van der Waals surface area contributed by atoms with Gasteiger partial charge in [-0.05, 0) is 64.0 Å². The predicted octanol–water partition coefficient (Wildman–Crippen LogP) is 4.10. The lowest BCUT2D eigenvalue weighted by molar-refractivity contribution is -0.120. The molecule has 2 saturated carbocycles. The first-order valence-corrected chi connectivity index (χ1v) is 10.3. The van der Waals surface area contributed by atoms with Crippen LogP contribution in [0.1, 0.15) is 51.0 Å². The van der Waals surface area contributed by atoms with Gasteiger partial charge in [-0.15, -0.1) is 0 Å². The quantitative estimate of drug-likeness (QED) is 0.820. The van der Waals surface area contributed by atoms with E-state index in [1.807, 2.05) is 29.0 Å². The lowest BCUT2D eigenvalue weighted by Gasteiger charge is -2.38. The third-order valence-electron chi connectivity index (χ3n) is 6.23. The van der Waals surface area contributed by atoms with Gasteiger partial charge in [-0.1, -0.05) is 0 Å². The van der Waals surface area contributed by atoms with Gasteiger partial charge in [0.05, 0.1) is 23.8 Å². The normalized spacial score (nSPS) is 22.3. The number of hydrogen-bond acceptors (Lipinski definition) is 3. The highest BCUT2D eigenvalue weighted by atomic mass is 16.5. The highest BCUT2D eigenvalue weighted by Gasteiger charge is 2.39. The predicted molar refractivity (Wildman–Crippen MR) is 105 cm³/mol. The van der Waals surface area contributed by atoms with Crippen molar-refractivity contribution in [2.75, 3.05) is 4.90 Å². The largest absolute Gasteiger partial charge is 0.489 e. The van der Waals surface area contributed by atoms with Gasteiger partial charge in [0.25, 0.3) is 0 Å². The van der Waals surface area contributed by atoms with Crippen molar-refractivity contribution >= 4 is 11.6 Å². The van der Waals surface area contributed by atoms with Crippen LogP contribution in [0.25, 0.3) is 11.3 Å². The number of anilines is 1. The smallest absolute Gasteiger partial charge is 0.230 e. The molecule has 0 radical (unpaired) electrons. The summed E-state index contributed by atoms with van der Waals surface area (Å²) in [7, 11) is 1.99. The maximum Gasteiger partial charge on any atom is 0.230 e. The molecule has 1 aromatic heterocycles. The molecule has 2 heterocycles. The fourth-order valence-electron chi connectivity index (χ4n) is 4.21. The second-order valence-electron chi connectivity index (χ2n) is 8.41. The first-order chi connectivity index (χ1) is 13.1. The van der Waals surface area contributed by atoms with Crippen LogP contribution in [0, 0.1) is 5.92 Å². The first-order valence-electron chi connectivity index (χ1n) is 10.3. The molecule has 0 bridgehead atoms. The Balaban J connectivity index is 1.61. The molecule has 2 aliphatic carbocycles. The second kappa shape index (κ2) is 6.39. The lowest BCUT2D eigenvalue weighted by atomic mass is 9.91. The van der Waals surface area contributed by atoms with Gasteiger partial charge in [0.2, 0.25) is 5.91 Å². The van der Waals surface area contributed by atoms with Crippen LogP contribution < -0.4 is 9.64 Å². The standard InChI is InChI=1S/C22H27N3O2/c1-14-6-9-18-20(25(14)22(26)15-7-8-15)11-10-17(19-12-24(2)13-23-19)21(18)27-16-4-3-5-16/h10-16H,3-9H2,1-2H3. The molecule has 1 amide bonds. The number of ether oxygens (including phenoxy) is 1. The van der Waals surface area contributed by atoms with E-state index in [2.05, 4.69) is 24.0 Å². The molecule has 5 nitrogen and oxygen atoms in total. The molecular formula is C22H27N3O2. The summed E-state index contributed by atoms with van der Waals surface area (Å²) in [6.45, 7) is 2.17. The molecule has 1 unspecified atom stereocenters. The van der Waals surface area contributed by atoms with Crippen LogP contribution in [0.4, 0.5) is 5.69 Å². The molecule has 142 valence electrons. The highest BCUT2D eigenvalue weighted by molar-refractivity contribution is 5.99. The van der Waals surface area contributed by atoms with E-state index >= 15 is 0 Å². The number of benzene rings is 1. The molecule has 5 heteroatoms. The molecule has 0 N–H and O–H groups in total. The maximum atomic E-state index is 13.0. The molecule has 1 aliphatic heterocycles. The molecule has 2 aromatic rings. The zero-order valence-corrected chi connectivity index (χ0v) is 16.1. The van der Waals surface area contributed by atoms with Gasteiger partial charge in [-0.2, -0.15) is 0 Å². The van der Waals surface area contributed by atoms with Crippen LogP contribution in [0.5, 0.6) is 5.75 Å². The van der Waals surface area contributed by atoms with Gasteiger partial charge >= 0.3 is 0 Å². The minimum atomic E-state index is 0.227. The number of amides is 1. The molecule has 1 atom stereocenters. The van der Waals surface area contributed by atoms with Crippen molar-refractivity contribution in [1.29, 1.82) is 0 Å². The molecule has 3 aliphatic rings. The van der Waals surface area contributed by atoms with Crippen LogP contribution in [0.3, 0.4) is 0 Å². The van der Waals surface area contributed by atoms with Gasteiger partial charge in [0.1, 0.15) is 5.75 Å². The Hall–Kier alpha value is -2.30. The second-order valence-corrected chi connectivity index (χ2v) is 8.41. The zero-order chi connectivity index (χ0) is 18.5. The van der Waals surface area contributed by atoms with Crippen molar-refractivity contribution in [3.8, 4) is 17.0 Å². The number of nitrogens with zero attached hydrogens (tertiary/aromatic N) is 3. The number of carbonyl (C=O) groups is 1. The number of fused-ring (bicyclic) bond motifs is 1. The Kier molecular flexibility index (Phi) is 3.99. The summed E-state index contributed by atoms with van der Waals surface area (Å²) in [5, 5.41) is 0. The highest BCUT2D eigenvalue weighted by Crippen LogP contribution is 2.45. The molecular weight excluding hydrogens is 338 g/mol. The minimum Gasteiger partial charge on any atom is -0.489 e. The summed E-state index contributed by atoms with van der Waals surface area (Å²) in [6, 6.07) is 4.46. The topological polar surface area (TPSA) is 47.4 Å². The molecule has 2 fully saturated rings. The summed E-state index contributed by atoms with van der Waals surface area (Å²) in [5.74, 6) is 1.48. The van der Waals surface area contributed by atoms with E-state index in [1.165, 1.54) is 12.0 Å². The average molecular weight is 365 g/mol. The molecule has 5 rings (SSSR count). The first kappa shape index (κ1) is 16.8. The monoisotopic (exact) mass is 365 g/mol. The Morgan fingerprint density at radius 2 is 2.00 bits per heavy atom. The number of rotatable bonds is 4. The van der Waals surface area contributed by atoms with Crippen molar-refractivity contribution in [2.45, 2.75) is 64.0 Å². The van der Waals surface area contributed by atoms with Gasteiger partial charge in [-0.25, -0.2) is 4.98 Å². The molecule has 0 spiro atoms. The van der Waals surface area contributed by atoms with Crippen molar-refractivity contribution in [1.82, 2.24) is 9.55 Å². The van der Waals surface area contributed by atoms with E-state index in [-0.39, 0.29) is 12.0 Å². The summed E-state index contributed by atoms with van der Waals surface area (Å²) in [5.41, 5.74) is 4.24. The van der Waals surface area contributed by atoms with Crippen molar-refractivity contribution in [3.63, 3.8) is 0 Å². The Labute approximate surface area is 160 Å². The fourth-order valence-corrected chi connectivity index (χ4v) is 4.21. The van der Waals surface area contributed by atoms with E-state index in [0.717, 1.165) is 61.2 Å². The summed E-state index contributed by atoms with van der Waals surface area (Å²) >= 11 is 0. The number of hydrogen-bond donors (Lipinski definition) is 0. The van der Waals surface area contributed by atoms with Crippen molar-refractivity contribution in [3.05, 3.63) is 30.2 Å². The van der Waals surface area contributed by atoms with E-state index in [9.17, 15) is 4.79 Å². The van der Waals surface area contributed by atoms with Gasteiger partial charge in [-0.3, -0.25) is 4.79 Å². The summed E-state index contributed by atoms with van der Waals surface area (Å²) < 4.78 is 8.46. The number of aromatic nitrogens is 2. The Bertz CT molecular complexity index is 880. The molecule has 0 saturated heterocycles. The summed E-state index contributed by atoms with van der Waals surface area (Å²) in [6.07, 6.45) is 11.6. The van der Waals surface area contributed by atoms with Crippen molar-refractivity contribution < 1.29 is 9.53 Å². The van der Waals surface area contributed by atoms with Gasteiger partial charge in [0, 0.05) is 36.3 Å². The SMILES string of the molecule is CC1CCc2c(ccc(-c3cn(C)cn3)c2OC2CCC2)N1C(=O)C1CC1. The third-order valence-corrected chi connectivity index (χ3v) is 6.23. The number of imidazole rings is 1. The van der Waals surface area contributed by atoms with Crippen LogP contribution >= 0.6 is 0 Å². The maximum absolute atomic E-state index is 13.0. The van der Waals surface area contributed by atoms with Crippen LogP contribution in [0.2, 0.25) is 0 Å². The summed E-state index contributed by atoms with van der Waals surface area (Å²) in [4.78, 5) is 19.6. The minimum absolute atomic E-state index is 0.227. The zero-order valence-electron chi connectivity index (χ0n) is 16.1. The lowest BCUT2D eigenvalue weighted by Crippen LogP contribution is -2.43. The van der Waals surface area contributed by atoms with Gasteiger partial charge < -0.3 is 14.2 Å². The van der Waals surface area contributed by atoms with Gasteiger partial charge in [0.15, 0.2) is 0 Å². The van der Waals surface area contributed by atoms with Crippen LogP contribution in [-0.4, -0.2) is 27.6 Å². The Morgan fingerprint density at radius 3 is 2.63 bits per heavy atom. The van der Waals surface area contributed by atoms with Crippen molar-refractivity contribution in [2.24, 2.45) is 13.0 Å². The third kappa shape index (κ3) is 2.93. The van der Waals surface area contributed by atoms with E-state index in [1.54, 1.807) is 0 Å². The van der Waals surface area contributed by atoms with E-state index in [0.29, 0.717) is 12.0 Å². The molecule has 27 heavy (non-hydrogen) atoms. The fraction of sp³-hybridized carbons (Fsp3) is 0.545. The van der Waals surface area contributed by atoms with Crippen LogP contribution in [0.15, 0.2) is 24.7 Å². The number of carbonyl (C=O) groups excluding carboxylic acids is 1. The van der Waals surface area contributed by atoms with E-state index in [4.69, 9.17) is 4.74 Å². The molecule has 1 aromatic carbocycles. The van der Waals surface area contributed by atoms with Crippen LogP contribution in [-0.2, 0) is 18.3 Å². The van der Waals surface area contributed by atoms with E-state index < -0.39 is 0 Å². The number of aryl methyl sites for hydroxylation is 1. The Morgan fingerprint density at radius 1 is 1.19 bits per heavy atom.